The lowest BCUT2D eigenvalue weighted by molar-refractivity contribution is -0.0232. The van der Waals surface area contributed by atoms with E-state index in [0.29, 0.717) is 12.1 Å². The average Bonchev–Trinajstić information content (AvgIpc) is 2.82. The Bertz CT molecular complexity index is 608. The van der Waals surface area contributed by atoms with Crippen molar-refractivity contribution in [2.45, 2.75) is 70.3 Å². The average molecular weight is 342 g/mol. The zero-order valence-corrected chi connectivity index (χ0v) is 15.6. The molecule has 1 amide bonds. The van der Waals surface area contributed by atoms with Crippen molar-refractivity contribution in [1.82, 2.24) is 9.80 Å². The van der Waals surface area contributed by atoms with Crippen LogP contribution in [0, 0.1) is 0 Å². The van der Waals surface area contributed by atoms with E-state index in [2.05, 4.69) is 41.8 Å². The molecule has 136 valence electrons. The molecular formula is C21H30N2O2. The van der Waals surface area contributed by atoms with Crippen molar-refractivity contribution in [1.29, 1.82) is 0 Å². The number of fused-ring (bicyclic) bond motifs is 2. The maximum absolute atomic E-state index is 12.7. The van der Waals surface area contributed by atoms with E-state index in [1.54, 1.807) is 0 Å². The topological polar surface area (TPSA) is 32.8 Å². The second-order valence-corrected chi connectivity index (χ2v) is 8.18. The van der Waals surface area contributed by atoms with Crippen molar-refractivity contribution in [2.24, 2.45) is 0 Å². The first-order valence-electron chi connectivity index (χ1n) is 9.29. The third kappa shape index (κ3) is 4.06. The number of benzene rings is 1. The molecule has 2 saturated heterocycles. The summed E-state index contributed by atoms with van der Waals surface area (Å²) in [4.78, 5) is 17.3. The molecule has 2 aliphatic heterocycles. The molecule has 2 heterocycles. The van der Waals surface area contributed by atoms with Gasteiger partial charge < -0.3 is 9.64 Å². The molecule has 0 spiro atoms. The Morgan fingerprint density at radius 3 is 2.64 bits per heavy atom. The molecule has 0 radical (unpaired) electrons. The Labute approximate surface area is 151 Å². The van der Waals surface area contributed by atoms with E-state index in [4.69, 9.17) is 4.74 Å². The van der Waals surface area contributed by atoms with Gasteiger partial charge in [0, 0.05) is 25.2 Å². The van der Waals surface area contributed by atoms with Crippen LogP contribution in [-0.2, 0) is 11.3 Å². The minimum atomic E-state index is -0.462. The van der Waals surface area contributed by atoms with Crippen LogP contribution in [0.4, 0.5) is 4.79 Å². The SMILES string of the molecule is C=CCC1C2CCC(CN1C(=O)OC(C)(C)C)N2Cc1ccccc1. The molecule has 3 atom stereocenters. The molecule has 2 aliphatic rings. The van der Waals surface area contributed by atoms with Gasteiger partial charge in [0.1, 0.15) is 5.60 Å². The summed E-state index contributed by atoms with van der Waals surface area (Å²) in [5.74, 6) is 0. The Morgan fingerprint density at radius 2 is 2.00 bits per heavy atom. The monoisotopic (exact) mass is 342 g/mol. The molecule has 1 aromatic rings. The van der Waals surface area contributed by atoms with Gasteiger partial charge in [0.15, 0.2) is 0 Å². The fraction of sp³-hybridized carbons (Fsp3) is 0.571. The van der Waals surface area contributed by atoms with Crippen LogP contribution in [0.15, 0.2) is 43.0 Å². The summed E-state index contributed by atoms with van der Waals surface area (Å²) < 4.78 is 5.67. The number of piperazine rings is 1. The van der Waals surface area contributed by atoms with Crippen molar-refractivity contribution in [3.63, 3.8) is 0 Å². The van der Waals surface area contributed by atoms with E-state index in [1.807, 2.05) is 31.7 Å². The normalized spacial score (nSPS) is 26.5. The summed E-state index contributed by atoms with van der Waals surface area (Å²) in [7, 11) is 0. The van der Waals surface area contributed by atoms with Crippen molar-refractivity contribution in [3.8, 4) is 0 Å². The molecule has 0 saturated carbocycles. The summed E-state index contributed by atoms with van der Waals surface area (Å²) in [5, 5.41) is 0. The van der Waals surface area contributed by atoms with Gasteiger partial charge in [0.05, 0.1) is 6.04 Å². The van der Waals surface area contributed by atoms with Gasteiger partial charge in [-0.3, -0.25) is 4.90 Å². The Balaban J connectivity index is 1.78. The highest BCUT2D eigenvalue weighted by Crippen LogP contribution is 2.37. The van der Waals surface area contributed by atoms with Gasteiger partial charge in [0.25, 0.3) is 0 Å². The van der Waals surface area contributed by atoms with Crippen LogP contribution in [0.3, 0.4) is 0 Å². The second-order valence-electron chi connectivity index (χ2n) is 8.18. The van der Waals surface area contributed by atoms with Crippen LogP contribution in [0.25, 0.3) is 0 Å². The number of amides is 1. The van der Waals surface area contributed by atoms with Crippen LogP contribution in [0.2, 0.25) is 0 Å². The largest absolute Gasteiger partial charge is 0.444 e. The van der Waals surface area contributed by atoms with Gasteiger partial charge in [-0.1, -0.05) is 36.4 Å². The molecule has 2 bridgehead atoms. The smallest absolute Gasteiger partial charge is 0.410 e. The Morgan fingerprint density at radius 1 is 1.28 bits per heavy atom. The lowest BCUT2D eigenvalue weighted by Gasteiger charge is -2.47. The van der Waals surface area contributed by atoms with Crippen LogP contribution in [-0.4, -0.2) is 46.2 Å². The molecule has 4 nitrogen and oxygen atoms in total. The molecule has 3 rings (SSSR count). The maximum Gasteiger partial charge on any atom is 0.410 e. The highest BCUT2D eigenvalue weighted by Gasteiger charge is 2.47. The third-order valence-electron chi connectivity index (χ3n) is 5.19. The summed E-state index contributed by atoms with van der Waals surface area (Å²) in [5.41, 5.74) is 0.873. The number of hydrogen-bond acceptors (Lipinski definition) is 3. The van der Waals surface area contributed by atoms with E-state index in [9.17, 15) is 4.79 Å². The second kappa shape index (κ2) is 7.20. The summed E-state index contributed by atoms with van der Waals surface area (Å²) in [6.45, 7) is 11.4. The van der Waals surface area contributed by atoms with E-state index in [-0.39, 0.29) is 12.1 Å². The van der Waals surface area contributed by atoms with Gasteiger partial charge >= 0.3 is 6.09 Å². The lowest BCUT2D eigenvalue weighted by Crippen LogP contribution is -2.61. The summed E-state index contributed by atoms with van der Waals surface area (Å²) in [6, 6.07) is 11.5. The lowest BCUT2D eigenvalue weighted by atomic mass is 9.99. The summed E-state index contributed by atoms with van der Waals surface area (Å²) >= 11 is 0. The van der Waals surface area contributed by atoms with Gasteiger partial charge in [-0.2, -0.15) is 0 Å². The number of hydrogen-bond donors (Lipinski definition) is 0. The molecule has 0 N–H and O–H groups in total. The van der Waals surface area contributed by atoms with Gasteiger partial charge in [0.2, 0.25) is 0 Å². The number of ether oxygens (including phenoxy) is 1. The maximum atomic E-state index is 12.7. The predicted octanol–water partition coefficient (Wildman–Crippen LogP) is 4.22. The standard InChI is InChI=1S/C21H30N2O2/c1-5-9-18-19-13-12-17(15-23(18)20(24)25-21(2,3)4)22(19)14-16-10-7-6-8-11-16/h5-8,10-11,17-19H,1,9,12-15H2,2-4H3. The fourth-order valence-electron chi connectivity index (χ4n) is 4.17. The number of carbonyl (C=O) groups is 1. The van der Waals surface area contributed by atoms with E-state index in [0.717, 1.165) is 32.4 Å². The summed E-state index contributed by atoms with van der Waals surface area (Å²) in [6.07, 6.45) is 4.83. The fourth-order valence-corrected chi connectivity index (χ4v) is 4.17. The molecule has 25 heavy (non-hydrogen) atoms. The molecule has 4 heteroatoms. The quantitative estimate of drug-likeness (QED) is 0.768. The van der Waals surface area contributed by atoms with Crippen molar-refractivity contribution in [2.75, 3.05) is 6.54 Å². The van der Waals surface area contributed by atoms with Crippen LogP contribution < -0.4 is 0 Å². The highest BCUT2D eigenvalue weighted by molar-refractivity contribution is 5.69. The first kappa shape index (κ1) is 18.0. The number of rotatable bonds is 4. The van der Waals surface area contributed by atoms with E-state index < -0.39 is 5.60 Å². The molecule has 1 aromatic carbocycles. The van der Waals surface area contributed by atoms with E-state index >= 15 is 0 Å². The third-order valence-corrected chi connectivity index (χ3v) is 5.19. The van der Waals surface area contributed by atoms with Crippen molar-refractivity contribution < 1.29 is 9.53 Å². The Kier molecular flexibility index (Phi) is 5.19. The first-order chi connectivity index (χ1) is 11.9. The van der Waals surface area contributed by atoms with Gasteiger partial charge in [-0.15, -0.1) is 6.58 Å². The number of likely N-dealkylation sites (tertiary alicyclic amines) is 1. The number of nitrogens with zero attached hydrogens (tertiary/aromatic N) is 2. The number of carbonyl (C=O) groups excluding carboxylic acids is 1. The first-order valence-corrected chi connectivity index (χ1v) is 9.29. The molecule has 2 fully saturated rings. The molecule has 3 unspecified atom stereocenters. The molecular weight excluding hydrogens is 312 g/mol. The van der Waals surface area contributed by atoms with Crippen molar-refractivity contribution >= 4 is 6.09 Å². The van der Waals surface area contributed by atoms with Crippen LogP contribution in [0.1, 0.15) is 45.6 Å². The van der Waals surface area contributed by atoms with Crippen LogP contribution in [0.5, 0.6) is 0 Å². The van der Waals surface area contributed by atoms with Crippen LogP contribution >= 0.6 is 0 Å². The van der Waals surface area contributed by atoms with E-state index in [1.165, 1.54) is 5.56 Å². The van der Waals surface area contributed by atoms with Gasteiger partial charge in [-0.25, -0.2) is 4.79 Å². The molecule has 0 aliphatic carbocycles. The predicted molar refractivity (Wildman–Crippen MR) is 100 cm³/mol. The van der Waals surface area contributed by atoms with Crippen molar-refractivity contribution in [3.05, 3.63) is 48.6 Å². The van der Waals surface area contributed by atoms with Gasteiger partial charge in [-0.05, 0) is 45.6 Å². The minimum absolute atomic E-state index is 0.148. The Hall–Kier alpha value is -1.81. The zero-order valence-electron chi connectivity index (χ0n) is 15.6. The highest BCUT2D eigenvalue weighted by atomic mass is 16.6. The minimum Gasteiger partial charge on any atom is -0.444 e. The molecule has 0 aromatic heterocycles. The zero-order chi connectivity index (χ0) is 18.0.